The van der Waals surface area contributed by atoms with Crippen LogP contribution in [0.1, 0.15) is 50.5 Å². The summed E-state index contributed by atoms with van der Waals surface area (Å²) in [6.45, 7) is 2.31. The molecule has 0 bridgehead atoms. The van der Waals surface area contributed by atoms with Gasteiger partial charge in [-0.1, -0.05) is 36.8 Å². The van der Waals surface area contributed by atoms with Gasteiger partial charge in [-0.2, -0.15) is 0 Å². The van der Waals surface area contributed by atoms with Crippen molar-refractivity contribution >= 4 is 11.8 Å². The zero-order valence-corrected chi connectivity index (χ0v) is 16.2. The summed E-state index contributed by atoms with van der Waals surface area (Å²) in [6, 6.07) is 10.3. The van der Waals surface area contributed by atoms with Gasteiger partial charge in [0.05, 0.1) is 12.6 Å². The number of hydrogen-bond acceptors (Lipinski definition) is 3. The fourth-order valence-electron chi connectivity index (χ4n) is 4.20. The number of carbonyl (C=O) groups excluding carboxylic acids is 2. The molecular formula is C22H32N2O3. The Morgan fingerprint density at radius 2 is 1.81 bits per heavy atom. The van der Waals surface area contributed by atoms with Crippen LogP contribution < -0.4 is 0 Å². The molecule has 27 heavy (non-hydrogen) atoms. The summed E-state index contributed by atoms with van der Waals surface area (Å²) < 4.78 is 0. The van der Waals surface area contributed by atoms with Gasteiger partial charge < -0.3 is 14.9 Å². The topological polar surface area (TPSA) is 60.9 Å². The van der Waals surface area contributed by atoms with Crippen molar-refractivity contribution in [3.8, 4) is 0 Å². The minimum absolute atomic E-state index is 0.0578. The molecule has 2 amide bonds. The number of rotatable bonds is 6. The third-order valence-electron chi connectivity index (χ3n) is 6.01. The van der Waals surface area contributed by atoms with E-state index >= 15 is 0 Å². The number of likely N-dealkylation sites (tertiary alicyclic amines) is 2. The van der Waals surface area contributed by atoms with Gasteiger partial charge in [0.2, 0.25) is 11.8 Å². The van der Waals surface area contributed by atoms with Gasteiger partial charge in [-0.15, -0.1) is 0 Å². The van der Waals surface area contributed by atoms with Crippen molar-refractivity contribution in [2.24, 2.45) is 5.92 Å². The van der Waals surface area contributed by atoms with Crippen molar-refractivity contribution in [3.63, 3.8) is 0 Å². The first-order chi connectivity index (χ1) is 13.1. The summed E-state index contributed by atoms with van der Waals surface area (Å²) >= 11 is 0. The maximum absolute atomic E-state index is 12.6. The highest BCUT2D eigenvalue weighted by atomic mass is 16.3. The summed E-state index contributed by atoms with van der Waals surface area (Å²) in [6.07, 6.45) is 6.61. The summed E-state index contributed by atoms with van der Waals surface area (Å²) in [5.74, 6) is 0.437. The molecule has 3 rings (SSSR count). The van der Waals surface area contributed by atoms with Crippen LogP contribution in [0.5, 0.6) is 0 Å². The molecule has 2 aliphatic heterocycles. The predicted octanol–water partition coefficient (Wildman–Crippen LogP) is 2.62. The van der Waals surface area contributed by atoms with Crippen LogP contribution in [0.4, 0.5) is 0 Å². The van der Waals surface area contributed by atoms with Gasteiger partial charge in [-0.05, 0) is 50.0 Å². The highest BCUT2D eigenvalue weighted by Gasteiger charge is 2.29. The molecule has 1 atom stereocenters. The lowest BCUT2D eigenvalue weighted by molar-refractivity contribution is -0.141. The number of amides is 2. The third kappa shape index (κ3) is 5.80. The van der Waals surface area contributed by atoms with Crippen molar-refractivity contribution in [3.05, 3.63) is 35.9 Å². The molecule has 2 heterocycles. The average molecular weight is 373 g/mol. The van der Waals surface area contributed by atoms with Gasteiger partial charge in [0.25, 0.3) is 0 Å². The third-order valence-corrected chi connectivity index (χ3v) is 6.01. The number of aliphatic hydroxyl groups excluding tert-OH is 1. The Morgan fingerprint density at radius 3 is 2.56 bits per heavy atom. The van der Waals surface area contributed by atoms with Crippen LogP contribution in [-0.2, 0) is 16.0 Å². The molecule has 1 aromatic rings. The first-order valence-electron chi connectivity index (χ1n) is 10.4. The fraction of sp³-hybridized carbons (Fsp3) is 0.636. The molecule has 1 aromatic carbocycles. The first kappa shape index (κ1) is 19.9. The highest BCUT2D eigenvalue weighted by Crippen LogP contribution is 2.24. The Morgan fingerprint density at radius 1 is 1.07 bits per heavy atom. The molecule has 0 aliphatic carbocycles. The zero-order chi connectivity index (χ0) is 19.1. The molecule has 1 N–H and O–H groups in total. The summed E-state index contributed by atoms with van der Waals surface area (Å²) in [7, 11) is 0. The lowest BCUT2D eigenvalue weighted by atomic mass is 9.88. The quantitative estimate of drug-likeness (QED) is 0.835. The van der Waals surface area contributed by atoms with Crippen molar-refractivity contribution in [2.75, 3.05) is 26.2 Å². The second kappa shape index (κ2) is 9.88. The lowest BCUT2D eigenvalue weighted by Crippen LogP contribution is -2.46. The van der Waals surface area contributed by atoms with Crippen molar-refractivity contribution in [1.82, 2.24) is 9.80 Å². The number of nitrogens with zero attached hydrogens (tertiary/aromatic N) is 2. The molecule has 2 saturated heterocycles. The van der Waals surface area contributed by atoms with E-state index in [0.29, 0.717) is 26.1 Å². The van der Waals surface area contributed by atoms with Gasteiger partial charge in [0, 0.05) is 26.1 Å². The van der Waals surface area contributed by atoms with Crippen LogP contribution in [-0.4, -0.2) is 59.0 Å². The summed E-state index contributed by atoms with van der Waals surface area (Å²) in [5, 5.41) is 10.5. The van der Waals surface area contributed by atoms with E-state index < -0.39 is 0 Å². The number of piperidine rings is 1. The Hall–Kier alpha value is -1.88. The van der Waals surface area contributed by atoms with Crippen LogP contribution in [0.2, 0.25) is 0 Å². The van der Waals surface area contributed by atoms with Crippen LogP contribution >= 0.6 is 0 Å². The molecule has 0 radical (unpaired) electrons. The van der Waals surface area contributed by atoms with E-state index in [4.69, 9.17) is 0 Å². The van der Waals surface area contributed by atoms with E-state index in [1.807, 2.05) is 23.1 Å². The summed E-state index contributed by atoms with van der Waals surface area (Å²) in [5.41, 5.74) is 1.26. The van der Waals surface area contributed by atoms with Crippen LogP contribution in [0.15, 0.2) is 30.3 Å². The number of benzene rings is 1. The Bertz CT molecular complexity index is 611. The molecule has 5 heteroatoms. The maximum Gasteiger partial charge on any atom is 0.242 e. The number of aryl methyl sites for hydroxylation is 1. The minimum atomic E-state index is -0.311. The Balaban J connectivity index is 1.41. The fourth-order valence-corrected chi connectivity index (χ4v) is 4.20. The SMILES string of the molecule is O=C(CN1CCCCCC1=O)N1CCC([C@H](O)CCc2ccccc2)CC1. The molecule has 0 aromatic heterocycles. The van der Waals surface area contributed by atoms with E-state index in [9.17, 15) is 14.7 Å². The second-order valence-corrected chi connectivity index (χ2v) is 7.94. The predicted molar refractivity (Wildman–Crippen MR) is 105 cm³/mol. The van der Waals surface area contributed by atoms with Crippen molar-refractivity contribution < 1.29 is 14.7 Å². The van der Waals surface area contributed by atoms with E-state index in [0.717, 1.165) is 44.9 Å². The number of carbonyl (C=O) groups is 2. The molecule has 5 nitrogen and oxygen atoms in total. The number of aliphatic hydroxyl groups is 1. The van der Waals surface area contributed by atoms with Gasteiger partial charge >= 0.3 is 0 Å². The normalized spacial score (nSPS) is 20.4. The monoisotopic (exact) mass is 372 g/mol. The van der Waals surface area contributed by atoms with E-state index in [1.165, 1.54) is 5.56 Å². The van der Waals surface area contributed by atoms with E-state index in [-0.39, 0.29) is 30.4 Å². The van der Waals surface area contributed by atoms with Gasteiger partial charge in [-0.25, -0.2) is 0 Å². The standard InChI is InChI=1S/C22H32N2O3/c25-20(11-10-18-7-3-1-4-8-18)19-12-15-23(16-13-19)22(27)17-24-14-6-2-5-9-21(24)26/h1,3-4,7-8,19-20,25H,2,5-6,9-17H2/t20-/m1/s1. The van der Waals surface area contributed by atoms with Crippen LogP contribution in [0.3, 0.4) is 0 Å². The van der Waals surface area contributed by atoms with Crippen LogP contribution in [0, 0.1) is 5.92 Å². The molecule has 2 aliphatic rings. The lowest BCUT2D eigenvalue weighted by Gasteiger charge is -2.35. The molecule has 2 fully saturated rings. The molecule has 0 unspecified atom stereocenters. The van der Waals surface area contributed by atoms with Gasteiger partial charge in [0.15, 0.2) is 0 Å². The van der Waals surface area contributed by atoms with Gasteiger partial charge in [0.1, 0.15) is 0 Å². The molecular weight excluding hydrogens is 340 g/mol. The molecule has 148 valence electrons. The smallest absolute Gasteiger partial charge is 0.242 e. The molecule has 0 saturated carbocycles. The maximum atomic E-state index is 12.6. The van der Waals surface area contributed by atoms with Gasteiger partial charge in [-0.3, -0.25) is 9.59 Å². The van der Waals surface area contributed by atoms with E-state index in [2.05, 4.69) is 12.1 Å². The zero-order valence-electron chi connectivity index (χ0n) is 16.2. The van der Waals surface area contributed by atoms with Crippen LogP contribution in [0.25, 0.3) is 0 Å². The highest BCUT2D eigenvalue weighted by molar-refractivity contribution is 5.85. The average Bonchev–Trinajstić information content (AvgIpc) is 2.91. The first-order valence-corrected chi connectivity index (χ1v) is 10.4. The minimum Gasteiger partial charge on any atom is -0.393 e. The Labute approximate surface area is 162 Å². The number of hydrogen-bond donors (Lipinski definition) is 1. The van der Waals surface area contributed by atoms with E-state index in [1.54, 1.807) is 4.90 Å². The second-order valence-electron chi connectivity index (χ2n) is 7.94. The van der Waals surface area contributed by atoms with Crippen molar-refractivity contribution in [1.29, 1.82) is 0 Å². The largest absolute Gasteiger partial charge is 0.393 e. The molecule has 0 spiro atoms. The Kier molecular flexibility index (Phi) is 7.27. The van der Waals surface area contributed by atoms with Crippen molar-refractivity contribution in [2.45, 2.75) is 57.5 Å². The summed E-state index contributed by atoms with van der Waals surface area (Å²) in [4.78, 5) is 28.3.